The Morgan fingerprint density at radius 3 is 2.88 bits per heavy atom. The lowest BCUT2D eigenvalue weighted by molar-refractivity contribution is -0.142. The number of esters is 1. The Morgan fingerprint density at radius 2 is 2.25 bits per heavy atom. The lowest BCUT2D eigenvalue weighted by Gasteiger charge is -1.99. The van der Waals surface area contributed by atoms with E-state index in [4.69, 9.17) is 4.74 Å². The Hall–Kier alpha value is -1.84. The van der Waals surface area contributed by atoms with Gasteiger partial charge in [-0.25, -0.2) is 0 Å². The zero-order valence-electron chi connectivity index (χ0n) is 9.45. The summed E-state index contributed by atoms with van der Waals surface area (Å²) < 4.78 is 4.78. The number of pyridine rings is 1. The topological polar surface area (TPSA) is 59.2 Å². The molecule has 0 spiro atoms. The summed E-state index contributed by atoms with van der Waals surface area (Å²) in [7, 11) is 0. The van der Waals surface area contributed by atoms with E-state index in [1.54, 1.807) is 25.1 Å². The molecule has 1 N–H and O–H groups in total. The summed E-state index contributed by atoms with van der Waals surface area (Å²) in [5.74, 6) is -0.249. The highest BCUT2D eigenvalue weighted by Crippen LogP contribution is 2.04. The van der Waals surface area contributed by atoms with Crippen molar-refractivity contribution < 1.29 is 9.53 Å². The molecule has 0 radical (unpaired) electrons. The molecule has 0 aromatic carbocycles. The minimum Gasteiger partial charge on any atom is -0.466 e. The number of ether oxygens (including phenoxy) is 1. The van der Waals surface area contributed by atoms with Gasteiger partial charge in [0.2, 0.25) is 5.56 Å². The highest BCUT2D eigenvalue weighted by Gasteiger charge is 1.98. The Morgan fingerprint density at radius 1 is 1.50 bits per heavy atom. The number of hydrogen-bond acceptors (Lipinski definition) is 3. The van der Waals surface area contributed by atoms with Gasteiger partial charge in [0, 0.05) is 11.8 Å². The van der Waals surface area contributed by atoms with Crippen molar-refractivity contribution in [1.82, 2.24) is 4.98 Å². The summed E-state index contributed by atoms with van der Waals surface area (Å²) in [5.41, 5.74) is 1.55. The molecule has 16 heavy (non-hydrogen) atoms. The molecule has 86 valence electrons. The van der Waals surface area contributed by atoms with E-state index in [-0.39, 0.29) is 17.9 Å². The van der Waals surface area contributed by atoms with Gasteiger partial charge in [-0.2, -0.15) is 0 Å². The average Bonchev–Trinajstić information content (AvgIpc) is 2.22. The largest absolute Gasteiger partial charge is 0.466 e. The number of carbonyl (C=O) groups is 1. The lowest BCUT2D eigenvalue weighted by Crippen LogP contribution is -2.05. The fourth-order valence-corrected chi connectivity index (χ4v) is 1.27. The van der Waals surface area contributed by atoms with Crippen LogP contribution in [0.15, 0.2) is 23.0 Å². The van der Waals surface area contributed by atoms with Crippen LogP contribution in [0.25, 0.3) is 6.08 Å². The number of nitrogens with one attached hydrogen (secondary N) is 1. The second-order valence-electron chi connectivity index (χ2n) is 3.31. The molecule has 0 saturated heterocycles. The van der Waals surface area contributed by atoms with E-state index in [1.807, 2.05) is 6.92 Å². The number of aromatic amines is 1. The van der Waals surface area contributed by atoms with Gasteiger partial charge < -0.3 is 9.72 Å². The van der Waals surface area contributed by atoms with Crippen molar-refractivity contribution in [2.24, 2.45) is 0 Å². The van der Waals surface area contributed by atoms with Crippen molar-refractivity contribution in [1.29, 1.82) is 0 Å². The van der Waals surface area contributed by atoms with Crippen LogP contribution in [0.2, 0.25) is 0 Å². The van der Waals surface area contributed by atoms with E-state index in [9.17, 15) is 9.59 Å². The molecule has 0 amide bonds. The van der Waals surface area contributed by atoms with Gasteiger partial charge in [0.25, 0.3) is 0 Å². The van der Waals surface area contributed by atoms with Gasteiger partial charge in [-0.3, -0.25) is 9.59 Å². The van der Waals surface area contributed by atoms with Crippen molar-refractivity contribution in [2.75, 3.05) is 6.61 Å². The first-order valence-corrected chi connectivity index (χ1v) is 5.15. The van der Waals surface area contributed by atoms with Gasteiger partial charge in [-0.15, -0.1) is 0 Å². The molecule has 0 fully saturated rings. The number of aromatic nitrogens is 1. The Labute approximate surface area is 94.0 Å². The van der Waals surface area contributed by atoms with E-state index in [1.165, 1.54) is 6.07 Å². The van der Waals surface area contributed by atoms with Gasteiger partial charge in [0.05, 0.1) is 13.0 Å². The first-order valence-electron chi connectivity index (χ1n) is 5.15. The summed E-state index contributed by atoms with van der Waals surface area (Å²) in [5, 5.41) is 0. The standard InChI is InChI=1S/C12H15NO3/c1-3-16-12(15)6-4-5-10-7-8-11(14)13-9(10)2/h4-5,7-8H,3,6H2,1-2H3,(H,13,14). The minimum atomic E-state index is -0.249. The van der Waals surface area contributed by atoms with Gasteiger partial charge >= 0.3 is 5.97 Å². The molecule has 0 aliphatic carbocycles. The fraction of sp³-hybridized carbons (Fsp3) is 0.333. The SMILES string of the molecule is CCOC(=O)CC=Cc1ccc(=O)[nH]c1C. The predicted octanol–water partition coefficient (Wildman–Crippen LogP) is 1.65. The quantitative estimate of drug-likeness (QED) is 0.786. The summed E-state index contributed by atoms with van der Waals surface area (Å²) in [6.45, 7) is 3.98. The summed E-state index contributed by atoms with van der Waals surface area (Å²) in [6, 6.07) is 3.17. The molecule has 1 heterocycles. The molecule has 0 aliphatic heterocycles. The second kappa shape index (κ2) is 5.90. The van der Waals surface area contributed by atoms with Gasteiger partial charge in [-0.1, -0.05) is 12.2 Å². The van der Waals surface area contributed by atoms with Crippen molar-refractivity contribution in [3.05, 3.63) is 39.8 Å². The minimum absolute atomic E-state index is 0.125. The van der Waals surface area contributed by atoms with Crippen LogP contribution in [0.5, 0.6) is 0 Å². The monoisotopic (exact) mass is 221 g/mol. The number of H-pyrrole nitrogens is 1. The van der Waals surface area contributed by atoms with Crippen molar-refractivity contribution >= 4 is 12.0 Å². The molecular weight excluding hydrogens is 206 g/mol. The zero-order chi connectivity index (χ0) is 12.0. The average molecular weight is 221 g/mol. The summed E-state index contributed by atoms with van der Waals surface area (Å²) in [4.78, 5) is 24.7. The fourth-order valence-electron chi connectivity index (χ4n) is 1.27. The van der Waals surface area contributed by atoms with Gasteiger partial charge in [0.15, 0.2) is 0 Å². The Balaban J connectivity index is 2.63. The summed E-state index contributed by atoms with van der Waals surface area (Å²) >= 11 is 0. The smallest absolute Gasteiger partial charge is 0.309 e. The number of aryl methyl sites for hydroxylation is 1. The molecule has 4 nitrogen and oxygen atoms in total. The lowest BCUT2D eigenvalue weighted by atomic mass is 10.2. The van der Waals surface area contributed by atoms with Crippen LogP contribution in [-0.4, -0.2) is 17.6 Å². The van der Waals surface area contributed by atoms with Crippen LogP contribution in [0.3, 0.4) is 0 Å². The van der Waals surface area contributed by atoms with E-state index in [0.717, 1.165) is 11.3 Å². The summed E-state index contributed by atoms with van der Waals surface area (Å²) in [6.07, 6.45) is 3.76. The molecule has 1 aromatic rings. The van der Waals surface area contributed by atoms with Gasteiger partial charge in [0.1, 0.15) is 0 Å². The molecule has 1 rings (SSSR count). The van der Waals surface area contributed by atoms with E-state index < -0.39 is 0 Å². The number of hydrogen-bond donors (Lipinski definition) is 1. The zero-order valence-corrected chi connectivity index (χ0v) is 9.45. The van der Waals surface area contributed by atoms with Crippen LogP contribution >= 0.6 is 0 Å². The van der Waals surface area contributed by atoms with Crippen molar-refractivity contribution in [2.45, 2.75) is 20.3 Å². The van der Waals surface area contributed by atoms with E-state index in [2.05, 4.69) is 4.98 Å². The van der Waals surface area contributed by atoms with Crippen LogP contribution in [0, 0.1) is 6.92 Å². The number of rotatable bonds is 4. The van der Waals surface area contributed by atoms with Crippen LogP contribution in [0.1, 0.15) is 24.6 Å². The van der Waals surface area contributed by atoms with Crippen LogP contribution < -0.4 is 5.56 Å². The highest BCUT2D eigenvalue weighted by molar-refractivity contribution is 5.72. The number of carbonyl (C=O) groups excluding carboxylic acids is 1. The van der Waals surface area contributed by atoms with Crippen molar-refractivity contribution in [3.63, 3.8) is 0 Å². The van der Waals surface area contributed by atoms with Crippen LogP contribution in [0.4, 0.5) is 0 Å². The predicted molar refractivity (Wildman–Crippen MR) is 62.1 cm³/mol. The van der Waals surface area contributed by atoms with Crippen molar-refractivity contribution in [3.8, 4) is 0 Å². The normalized spacial score (nSPS) is 10.6. The second-order valence-corrected chi connectivity index (χ2v) is 3.31. The molecule has 0 saturated carbocycles. The Kier molecular flexibility index (Phi) is 4.51. The third-order valence-electron chi connectivity index (χ3n) is 2.05. The van der Waals surface area contributed by atoms with E-state index in [0.29, 0.717) is 6.61 Å². The highest BCUT2D eigenvalue weighted by atomic mass is 16.5. The first kappa shape index (κ1) is 12.2. The van der Waals surface area contributed by atoms with E-state index >= 15 is 0 Å². The molecule has 1 aromatic heterocycles. The first-order chi connectivity index (χ1) is 7.63. The maximum Gasteiger partial charge on any atom is 0.309 e. The molecule has 0 unspecified atom stereocenters. The van der Waals surface area contributed by atoms with Crippen LogP contribution in [-0.2, 0) is 9.53 Å². The Bertz CT molecular complexity index is 446. The third-order valence-corrected chi connectivity index (χ3v) is 2.05. The molecule has 0 atom stereocenters. The maximum absolute atomic E-state index is 11.0. The third kappa shape index (κ3) is 3.73. The molecule has 4 heteroatoms. The van der Waals surface area contributed by atoms with Gasteiger partial charge in [-0.05, 0) is 25.5 Å². The molecular formula is C12H15NO3. The maximum atomic E-state index is 11.0. The molecule has 0 bridgehead atoms. The molecule has 0 aliphatic rings.